The van der Waals surface area contributed by atoms with Gasteiger partial charge in [-0.1, -0.05) is 48.5 Å². The second-order valence-electron chi connectivity index (χ2n) is 6.37. The van der Waals surface area contributed by atoms with Crippen molar-refractivity contribution in [2.24, 2.45) is 0 Å². The third-order valence-corrected chi connectivity index (χ3v) is 4.90. The smallest absolute Gasteiger partial charge is 0.339 e. The standard InChI is InChI=1S/C23H20O5/c1-25-19-12-14(13-20(26-2)22(19)27-3)23(24)28-21-17-10-6-4-8-15(17)16-9-5-7-11-18(16)21/h4-13,21H,1-3H3. The lowest BCUT2D eigenvalue weighted by atomic mass is 10.1. The Balaban J connectivity index is 1.72. The quantitative estimate of drug-likeness (QED) is 0.607. The SMILES string of the molecule is COc1cc(C(=O)OC2c3ccccc3-c3ccccc32)cc(OC)c1OC. The number of rotatable bonds is 5. The molecule has 0 aromatic heterocycles. The van der Waals surface area contributed by atoms with E-state index in [4.69, 9.17) is 18.9 Å². The molecule has 0 atom stereocenters. The van der Waals surface area contributed by atoms with Gasteiger partial charge in [0.1, 0.15) is 0 Å². The predicted molar refractivity (Wildman–Crippen MR) is 105 cm³/mol. The number of ether oxygens (including phenoxy) is 4. The minimum Gasteiger partial charge on any atom is -0.493 e. The average molecular weight is 376 g/mol. The number of esters is 1. The highest BCUT2D eigenvalue weighted by Gasteiger charge is 2.31. The van der Waals surface area contributed by atoms with Crippen molar-refractivity contribution in [2.45, 2.75) is 6.10 Å². The predicted octanol–water partition coefficient (Wildman–Crippen LogP) is 4.64. The zero-order chi connectivity index (χ0) is 19.7. The van der Waals surface area contributed by atoms with Crippen LogP contribution in [-0.4, -0.2) is 27.3 Å². The van der Waals surface area contributed by atoms with Crippen molar-refractivity contribution in [1.82, 2.24) is 0 Å². The number of fused-ring (bicyclic) bond motifs is 3. The third kappa shape index (κ3) is 2.85. The zero-order valence-corrected chi connectivity index (χ0v) is 15.9. The molecular formula is C23H20O5. The van der Waals surface area contributed by atoms with Gasteiger partial charge in [0.05, 0.1) is 26.9 Å². The minimum absolute atomic E-state index is 0.330. The summed E-state index contributed by atoms with van der Waals surface area (Å²) in [4.78, 5) is 13.0. The van der Waals surface area contributed by atoms with E-state index in [0.29, 0.717) is 22.8 Å². The van der Waals surface area contributed by atoms with Crippen LogP contribution in [0.3, 0.4) is 0 Å². The monoisotopic (exact) mass is 376 g/mol. The van der Waals surface area contributed by atoms with Crippen LogP contribution in [0.25, 0.3) is 11.1 Å². The van der Waals surface area contributed by atoms with Gasteiger partial charge in [-0.15, -0.1) is 0 Å². The molecular weight excluding hydrogens is 356 g/mol. The maximum Gasteiger partial charge on any atom is 0.339 e. The van der Waals surface area contributed by atoms with Gasteiger partial charge >= 0.3 is 5.97 Å². The molecule has 1 aliphatic rings. The molecule has 0 saturated heterocycles. The Bertz CT molecular complexity index is 970. The van der Waals surface area contributed by atoms with Gasteiger partial charge in [-0.3, -0.25) is 0 Å². The van der Waals surface area contributed by atoms with Crippen LogP contribution in [0.15, 0.2) is 60.7 Å². The van der Waals surface area contributed by atoms with E-state index in [2.05, 4.69) is 0 Å². The average Bonchev–Trinajstić information content (AvgIpc) is 3.06. The molecule has 0 amide bonds. The summed E-state index contributed by atoms with van der Waals surface area (Å²) < 4.78 is 21.9. The Morgan fingerprint density at radius 2 is 1.25 bits per heavy atom. The maximum absolute atomic E-state index is 13.0. The lowest BCUT2D eigenvalue weighted by Crippen LogP contribution is -2.11. The van der Waals surface area contributed by atoms with Crippen LogP contribution < -0.4 is 14.2 Å². The van der Waals surface area contributed by atoms with Gasteiger partial charge < -0.3 is 18.9 Å². The summed E-state index contributed by atoms with van der Waals surface area (Å²) in [6, 6.07) is 19.1. The highest BCUT2D eigenvalue weighted by molar-refractivity contribution is 5.92. The molecule has 0 heterocycles. The number of benzene rings is 3. The fraction of sp³-hybridized carbons (Fsp3) is 0.174. The summed E-state index contributed by atoms with van der Waals surface area (Å²) in [6.07, 6.45) is -0.459. The first-order chi connectivity index (χ1) is 13.7. The van der Waals surface area contributed by atoms with Crippen molar-refractivity contribution in [1.29, 1.82) is 0 Å². The van der Waals surface area contributed by atoms with Crippen LogP contribution in [-0.2, 0) is 4.74 Å². The van der Waals surface area contributed by atoms with E-state index < -0.39 is 12.1 Å². The van der Waals surface area contributed by atoms with Gasteiger partial charge in [-0.2, -0.15) is 0 Å². The summed E-state index contributed by atoms with van der Waals surface area (Å²) in [5.74, 6) is 0.774. The van der Waals surface area contributed by atoms with Crippen LogP contribution in [0.2, 0.25) is 0 Å². The highest BCUT2D eigenvalue weighted by Crippen LogP contribution is 2.46. The van der Waals surface area contributed by atoms with E-state index >= 15 is 0 Å². The fourth-order valence-electron chi connectivity index (χ4n) is 3.61. The van der Waals surface area contributed by atoms with Gasteiger partial charge in [-0.05, 0) is 23.3 Å². The maximum atomic E-state index is 13.0. The van der Waals surface area contributed by atoms with Crippen molar-refractivity contribution in [3.63, 3.8) is 0 Å². The summed E-state index contributed by atoms with van der Waals surface area (Å²) in [6.45, 7) is 0. The molecule has 1 aliphatic carbocycles. The molecule has 142 valence electrons. The topological polar surface area (TPSA) is 54.0 Å². The molecule has 4 rings (SSSR count). The number of hydrogen-bond acceptors (Lipinski definition) is 5. The van der Waals surface area contributed by atoms with E-state index in [1.165, 1.54) is 21.3 Å². The summed E-state index contributed by atoms with van der Waals surface area (Å²) in [5, 5.41) is 0. The zero-order valence-electron chi connectivity index (χ0n) is 15.9. The molecule has 3 aromatic rings. The lowest BCUT2D eigenvalue weighted by Gasteiger charge is -2.17. The highest BCUT2D eigenvalue weighted by atomic mass is 16.5. The number of hydrogen-bond donors (Lipinski definition) is 0. The van der Waals surface area contributed by atoms with E-state index in [1.54, 1.807) is 12.1 Å². The molecule has 0 radical (unpaired) electrons. The summed E-state index contributed by atoms with van der Waals surface area (Å²) in [5.41, 5.74) is 4.45. The Morgan fingerprint density at radius 1 is 0.750 bits per heavy atom. The Labute approximate surface area is 163 Å². The van der Waals surface area contributed by atoms with Crippen LogP contribution in [0.5, 0.6) is 17.2 Å². The van der Waals surface area contributed by atoms with E-state index in [0.717, 1.165) is 22.3 Å². The number of carbonyl (C=O) groups is 1. The van der Waals surface area contributed by atoms with Crippen molar-refractivity contribution >= 4 is 5.97 Å². The van der Waals surface area contributed by atoms with E-state index in [-0.39, 0.29) is 0 Å². The van der Waals surface area contributed by atoms with Crippen LogP contribution >= 0.6 is 0 Å². The second kappa shape index (κ2) is 7.27. The molecule has 0 aliphatic heterocycles. The van der Waals surface area contributed by atoms with Gasteiger partial charge in [-0.25, -0.2) is 4.79 Å². The van der Waals surface area contributed by atoms with Crippen molar-refractivity contribution < 1.29 is 23.7 Å². The molecule has 5 nitrogen and oxygen atoms in total. The van der Waals surface area contributed by atoms with Crippen molar-refractivity contribution in [3.8, 4) is 28.4 Å². The normalized spacial score (nSPS) is 12.1. The van der Waals surface area contributed by atoms with Gasteiger partial charge in [0.25, 0.3) is 0 Å². The molecule has 5 heteroatoms. The number of carbonyl (C=O) groups excluding carboxylic acids is 1. The molecule has 0 spiro atoms. The molecule has 0 bridgehead atoms. The summed E-state index contributed by atoms with van der Waals surface area (Å²) >= 11 is 0. The molecule has 3 aromatic carbocycles. The lowest BCUT2D eigenvalue weighted by molar-refractivity contribution is 0.0385. The first kappa shape index (κ1) is 17.9. The van der Waals surface area contributed by atoms with E-state index in [1.807, 2.05) is 48.5 Å². The van der Waals surface area contributed by atoms with Crippen LogP contribution in [0.4, 0.5) is 0 Å². The van der Waals surface area contributed by atoms with Gasteiger partial charge in [0.2, 0.25) is 5.75 Å². The Morgan fingerprint density at radius 3 is 1.71 bits per heavy atom. The van der Waals surface area contributed by atoms with Crippen molar-refractivity contribution in [3.05, 3.63) is 77.4 Å². The molecule has 0 unspecified atom stereocenters. The molecule has 0 fully saturated rings. The molecule has 0 saturated carbocycles. The van der Waals surface area contributed by atoms with Crippen LogP contribution in [0, 0.1) is 0 Å². The first-order valence-electron chi connectivity index (χ1n) is 8.87. The number of methoxy groups -OCH3 is 3. The van der Waals surface area contributed by atoms with E-state index in [9.17, 15) is 4.79 Å². The summed E-state index contributed by atoms with van der Waals surface area (Å²) in [7, 11) is 4.54. The van der Waals surface area contributed by atoms with Gasteiger partial charge in [0.15, 0.2) is 17.6 Å². The largest absolute Gasteiger partial charge is 0.493 e. The molecule has 28 heavy (non-hydrogen) atoms. The molecule has 0 N–H and O–H groups in total. The van der Waals surface area contributed by atoms with Crippen molar-refractivity contribution in [2.75, 3.05) is 21.3 Å². The second-order valence-corrected chi connectivity index (χ2v) is 6.37. The first-order valence-corrected chi connectivity index (χ1v) is 8.87. The van der Waals surface area contributed by atoms with Gasteiger partial charge in [0, 0.05) is 11.1 Å². The minimum atomic E-state index is -0.462. The third-order valence-electron chi connectivity index (χ3n) is 4.90. The fourth-order valence-corrected chi connectivity index (χ4v) is 3.61. The van der Waals surface area contributed by atoms with Crippen LogP contribution in [0.1, 0.15) is 27.6 Å². The Kier molecular flexibility index (Phi) is 4.65. The Hall–Kier alpha value is -3.47.